The molecule has 4 heterocycles. The first-order valence-electron chi connectivity index (χ1n) is 11.7. The quantitative estimate of drug-likeness (QED) is 0.430. The number of nitrogen functional groups attached to an aromatic ring is 1. The number of nitrogens with two attached hydrogens (primary N) is 1. The van der Waals surface area contributed by atoms with Crippen LogP contribution in [-0.2, 0) is 11.8 Å². The van der Waals surface area contributed by atoms with Crippen LogP contribution in [0.4, 0.5) is 5.82 Å². The van der Waals surface area contributed by atoms with E-state index in [1.807, 2.05) is 61.3 Å². The molecule has 0 bridgehead atoms. The maximum Gasteiger partial charge on any atom is 0.245 e. The number of fused-ring (bicyclic) bond motifs is 1. The topological polar surface area (TPSA) is 99.2 Å². The number of rotatable bonds is 5. The lowest BCUT2D eigenvalue weighted by atomic mass is 9.88. The molecule has 1 fully saturated rings. The van der Waals surface area contributed by atoms with Crippen molar-refractivity contribution in [3.8, 4) is 22.8 Å². The van der Waals surface area contributed by atoms with Crippen molar-refractivity contribution in [2.75, 3.05) is 18.8 Å². The van der Waals surface area contributed by atoms with Crippen molar-refractivity contribution >= 4 is 22.8 Å². The molecular formula is C27H28N6O2. The summed E-state index contributed by atoms with van der Waals surface area (Å²) in [7, 11) is 2.02. The van der Waals surface area contributed by atoms with Gasteiger partial charge in [-0.15, -0.1) is 0 Å². The second kappa shape index (κ2) is 9.21. The number of carbonyl (C=O) groups is 1. The van der Waals surface area contributed by atoms with E-state index in [9.17, 15) is 4.79 Å². The van der Waals surface area contributed by atoms with Crippen molar-refractivity contribution in [1.29, 1.82) is 0 Å². The summed E-state index contributed by atoms with van der Waals surface area (Å²) in [6, 6.07) is 13.6. The predicted octanol–water partition coefficient (Wildman–Crippen LogP) is 4.61. The van der Waals surface area contributed by atoms with Crippen LogP contribution in [0.1, 0.15) is 30.1 Å². The standard InChI is InChI=1S/C27H28N6O2/c1-4-22(34)33-14-12-19(13-15-33)25-23(24-26(28)29-16-30-27(24)32(25)3)18-8-10-20(11-9-18)35-21-7-5-6-17(2)31-21/h4-11,16,19H,1,12-15H2,2-3H3,(H2,28,29,30). The molecule has 8 heteroatoms. The molecule has 0 spiro atoms. The molecular weight excluding hydrogens is 440 g/mol. The Kier molecular flexibility index (Phi) is 5.94. The molecule has 0 radical (unpaired) electrons. The first-order valence-corrected chi connectivity index (χ1v) is 11.7. The number of pyridine rings is 1. The summed E-state index contributed by atoms with van der Waals surface area (Å²) >= 11 is 0. The Balaban J connectivity index is 1.53. The van der Waals surface area contributed by atoms with E-state index in [0.717, 1.165) is 46.4 Å². The number of hydrogen-bond acceptors (Lipinski definition) is 6. The minimum absolute atomic E-state index is 0.0190. The van der Waals surface area contributed by atoms with Crippen molar-refractivity contribution in [3.05, 3.63) is 72.8 Å². The van der Waals surface area contributed by atoms with Gasteiger partial charge in [-0.05, 0) is 49.6 Å². The van der Waals surface area contributed by atoms with Gasteiger partial charge in [0, 0.05) is 49.1 Å². The number of aromatic nitrogens is 4. The van der Waals surface area contributed by atoms with Crippen molar-refractivity contribution in [2.45, 2.75) is 25.7 Å². The minimum Gasteiger partial charge on any atom is -0.439 e. The van der Waals surface area contributed by atoms with Crippen molar-refractivity contribution in [1.82, 2.24) is 24.4 Å². The summed E-state index contributed by atoms with van der Waals surface area (Å²) in [5.41, 5.74) is 11.3. The van der Waals surface area contributed by atoms with Crippen LogP contribution in [0.25, 0.3) is 22.2 Å². The number of aryl methyl sites for hydroxylation is 2. The number of piperidine rings is 1. The monoisotopic (exact) mass is 468 g/mol. The number of nitrogens with zero attached hydrogens (tertiary/aromatic N) is 5. The molecule has 8 nitrogen and oxygen atoms in total. The molecule has 35 heavy (non-hydrogen) atoms. The largest absolute Gasteiger partial charge is 0.439 e. The van der Waals surface area contributed by atoms with Gasteiger partial charge in [0.2, 0.25) is 11.8 Å². The molecule has 5 rings (SSSR count). The molecule has 2 N–H and O–H groups in total. The van der Waals surface area contributed by atoms with Crippen LogP contribution in [0, 0.1) is 6.92 Å². The summed E-state index contributed by atoms with van der Waals surface area (Å²) < 4.78 is 8.07. The van der Waals surface area contributed by atoms with E-state index in [-0.39, 0.29) is 11.8 Å². The number of anilines is 1. The highest BCUT2D eigenvalue weighted by Crippen LogP contribution is 2.43. The fourth-order valence-electron chi connectivity index (χ4n) is 4.95. The number of amides is 1. The average Bonchev–Trinajstić information content (AvgIpc) is 3.17. The first kappa shape index (κ1) is 22.6. The van der Waals surface area contributed by atoms with Crippen LogP contribution in [-0.4, -0.2) is 43.4 Å². The number of hydrogen-bond donors (Lipinski definition) is 1. The molecule has 1 aromatic carbocycles. The molecule has 0 atom stereocenters. The summed E-state index contributed by atoms with van der Waals surface area (Å²) in [4.78, 5) is 27.2. The van der Waals surface area contributed by atoms with Gasteiger partial charge in [-0.3, -0.25) is 4.79 Å². The van der Waals surface area contributed by atoms with E-state index in [1.54, 1.807) is 0 Å². The molecule has 4 aromatic rings. The zero-order chi connectivity index (χ0) is 24.5. The average molecular weight is 469 g/mol. The predicted molar refractivity (Wildman–Crippen MR) is 136 cm³/mol. The van der Waals surface area contributed by atoms with Gasteiger partial charge < -0.3 is 19.9 Å². The zero-order valence-corrected chi connectivity index (χ0v) is 19.9. The van der Waals surface area contributed by atoms with E-state index in [2.05, 4.69) is 26.1 Å². The number of carbonyl (C=O) groups excluding carboxylic acids is 1. The van der Waals surface area contributed by atoms with Gasteiger partial charge in [0.1, 0.15) is 23.5 Å². The molecule has 1 aliphatic rings. The summed E-state index contributed by atoms with van der Waals surface area (Å²) in [5.74, 6) is 1.95. The summed E-state index contributed by atoms with van der Waals surface area (Å²) in [5, 5.41) is 0.851. The summed E-state index contributed by atoms with van der Waals surface area (Å²) in [6.07, 6.45) is 4.59. The molecule has 1 saturated heterocycles. The van der Waals surface area contributed by atoms with Crippen LogP contribution in [0.5, 0.6) is 11.6 Å². The minimum atomic E-state index is -0.0190. The molecule has 0 aliphatic carbocycles. The Labute approximate surface area is 204 Å². The van der Waals surface area contributed by atoms with Crippen molar-refractivity contribution in [3.63, 3.8) is 0 Å². The smallest absolute Gasteiger partial charge is 0.245 e. The van der Waals surface area contributed by atoms with Crippen LogP contribution in [0.2, 0.25) is 0 Å². The Morgan fingerprint density at radius 2 is 1.89 bits per heavy atom. The lowest BCUT2D eigenvalue weighted by Crippen LogP contribution is -2.37. The number of benzene rings is 1. The van der Waals surface area contributed by atoms with E-state index < -0.39 is 0 Å². The van der Waals surface area contributed by atoms with E-state index in [1.165, 1.54) is 12.4 Å². The highest BCUT2D eigenvalue weighted by Gasteiger charge is 2.30. The number of ether oxygens (including phenoxy) is 1. The van der Waals surface area contributed by atoms with Crippen LogP contribution < -0.4 is 10.5 Å². The third-order valence-electron chi connectivity index (χ3n) is 6.64. The lowest BCUT2D eigenvalue weighted by molar-refractivity contribution is -0.127. The lowest BCUT2D eigenvalue weighted by Gasteiger charge is -2.32. The summed E-state index contributed by atoms with van der Waals surface area (Å²) in [6.45, 7) is 6.93. The van der Waals surface area contributed by atoms with E-state index in [0.29, 0.717) is 30.5 Å². The molecule has 0 saturated carbocycles. The third-order valence-corrected chi connectivity index (χ3v) is 6.64. The van der Waals surface area contributed by atoms with E-state index >= 15 is 0 Å². The third kappa shape index (κ3) is 4.23. The fraction of sp³-hybridized carbons (Fsp3) is 0.259. The Morgan fingerprint density at radius 3 is 2.57 bits per heavy atom. The van der Waals surface area contributed by atoms with Crippen molar-refractivity contribution < 1.29 is 9.53 Å². The molecule has 3 aromatic heterocycles. The zero-order valence-electron chi connectivity index (χ0n) is 19.9. The van der Waals surface area contributed by atoms with Crippen LogP contribution in [0.3, 0.4) is 0 Å². The highest BCUT2D eigenvalue weighted by molar-refractivity contribution is 6.02. The van der Waals surface area contributed by atoms with E-state index in [4.69, 9.17) is 10.5 Å². The molecule has 178 valence electrons. The van der Waals surface area contributed by atoms with Gasteiger partial charge in [-0.2, -0.15) is 0 Å². The normalized spacial score (nSPS) is 14.3. The molecule has 1 amide bonds. The molecule has 0 unspecified atom stereocenters. The Hall–Kier alpha value is -4.20. The second-order valence-electron chi connectivity index (χ2n) is 8.82. The van der Waals surface area contributed by atoms with Gasteiger partial charge in [0.15, 0.2) is 0 Å². The Bertz CT molecular complexity index is 1400. The number of likely N-dealkylation sites (tertiary alicyclic amines) is 1. The Morgan fingerprint density at radius 1 is 1.14 bits per heavy atom. The molecule has 1 aliphatic heterocycles. The van der Waals surface area contributed by atoms with Gasteiger partial charge in [0.25, 0.3) is 0 Å². The SMILES string of the molecule is C=CC(=O)N1CCC(c2c(-c3ccc(Oc4cccc(C)n4)cc3)c3c(N)ncnc3n2C)CC1. The fourth-order valence-corrected chi connectivity index (χ4v) is 4.95. The first-order chi connectivity index (χ1) is 17.0. The van der Waals surface area contributed by atoms with Crippen LogP contribution in [0.15, 0.2) is 61.4 Å². The van der Waals surface area contributed by atoms with Crippen molar-refractivity contribution in [2.24, 2.45) is 7.05 Å². The van der Waals surface area contributed by atoms with Gasteiger partial charge in [-0.25, -0.2) is 15.0 Å². The van der Waals surface area contributed by atoms with Gasteiger partial charge in [-0.1, -0.05) is 24.8 Å². The van der Waals surface area contributed by atoms with Gasteiger partial charge >= 0.3 is 0 Å². The highest BCUT2D eigenvalue weighted by atomic mass is 16.5. The maximum absolute atomic E-state index is 12.1. The van der Waals surface area contributed by atoms with Crippen LogP contribution >= 0.6 is 0 Å². The maximum atomic E-state index is 12.1. The second-order valence-corrected chi connectivity index (χ2v) is 8.82. The van der Waals surface area contributed by atoms with Gasteiger partial charge in [0.05, 0.1) is 5.39 Å².